The van der Waals surface area contributed by atoms with Crippen molar-refractivity contribution < 1.29 is 9.21 Å². The number of aryl methyl sites for hydroxylation is 1. The number of para-hydroxylation sites is 1. The largest absolute Gasteiger partial charge is 0.465 e. The van der Waals surface area contributed by atoms with Crippen LogP contribution in [0.25, 0.3) is 26.9 Å². The Balaban J connectivity index is 1.53. The Morgan fingerprint density at radius 2 is 2.04 bits per heavy atom. The van der Waals surface area contributed by atoms with Gasteiger partial charge in [-0.2, -0.15) is 0 Å². The van der Waals surface area contributed by atoms with Crippen molar-refractivity contribution in [2.24, 2.45) is 0 Å². The highest BCUT2D eigenvalue weighted by atomic mass is 32.1. The van der Waals surface area contributed by atoms with Crippen LogP contribution >= 0.6 is 11.3 Å². The SMILES string of the molecule is Cc1cc(-c2nc3ccccc3s2)ccc1NC(=O)/C=C/c1ccco1. The van der Waals surface area contributed by atoms with Crippen LogP contribution in [0.4, 0.5) is 5.69 Å². The summed E-state index contributed by atoms with van der Waals surface area (Å²) in [5.41, 5.74) is 3.82. The van der Waals surface area contributed by atoms with E-state index in [1.165, 1.54) is 10.8 Å². The van der Waals surface area contributed by atoms with Crippen LogP contribution in [0.5, 0.6) is 0 Å². The number of hydrogen-bond donors (Lipinski definition) is 1. The molecule has 4 rings (SSSR count). The summed E-state index contributed by atoms with van der Waals surface area (Å²) in [6, 6.07) is 17.6. The molecular formula is C21H16N2O2S. The van der Waals surface area contributed by atoms with E-state index in [1.807, 2.05) is 43.3 Å². The molecular weight excluding hydrogens is 344 g/mol. The number of nitrogens with one attached hydrogen (secondary N) is 1. The molecule has 26 heavy (non-hydrogen) atoms. The minimum Gasteiger partial charge on any atom is -0.465 e. The van der Waals surface area contributed by atoms with E-state index in [9.17, 15) is 4.79 Å². The first-order chi connectivity index (χ1) is 12.7. The number of fused-ring (bicyclic) bond motifs is 1. The Kier molecular flexibility index (Phi) is 4.37. The number of carbonyl (C=O) groups excluding carboxylic acids is 1. The summed E-state index contributed by atoms with van der Waals surface area (Å²) in [5, 5.41) is 3.87. The highest BCUT2D eigenvalue weighted by Gasteiger charge is 2.08. The molecule has 0 fully saturated rings. The van der Waals surface area contributed by atoms with E-state index >= 15 is 0 Å². The Morgan fingerprint density at radius 3 is 2.81 bits per heavy atom. The first-order valence-electron chi connectivity index (χ1n) is 8.18. The number of furan rings is 1. The molecule has 0 aliphatic carbocycles. The lowest BCUT2D eigenvalue weighted by atomic mass is 10.1. The van der Waals surface area contributed by atoms with Crippen molar-refractivity contribution in [2.75, 3.05) is 5.32 Å². The van der Waals surface area contributed by atoms with E-state index in [4.69, 9.17) is 4.42 Å². The minimum atomic E-state index is -0.197. The Labute approximate surface area is 154 Å². The summed E-state index contributed by atoms with van der Waals surface area (Å²) in [6.07, 6.45) is 4.67. The molecule has 0 radical (unpaired) electrons. The topological polar surface area (TPSA) is 55.1 Å². The molecule has 2 aromatic carbocycles. The van der Waals surface area contributed by atoms with Gasteiger partial charge < -0.3 is 9.73 Å². The van der Waals surface area contributed by atoms with Crippen molar-refractivity contribution in [3.05, 3.63) is 78.3 Å². The fourth-order valence-electron chi connectivity index (χ4n) is 2.65. The summed E-state index contributed by atoms with van der Waals surface area (Å²) >= 11 is 1.67. The summed E-state index contributed by atoms with van der Waals surface area (Å²) in [5.74, 6) is 0.445. The van der Waals surface area contributed by atoms with E-state index in [0.717, 1.165) is 27.3 Å². The number of aromatic nitrogens is 1. The van der Waals surface area contributed by atoms with Crippen LogP contribution in [0.3, 0.4) is 0 Å². The van der Waals surface area contributed by atoms with Gasteiger partial charge in [0.2, 0.25) is 5.91 Å². The second-order valence-electron chi connectivity index (χ2n) is 5.85. The van der Waals surface area contributed by atoms with Gasteiger partial charge in [-0.05, 0) is 61.0 Å². The van der Waals surface area contributed by atoms with Crippen molar-refractivity contribution in [1.82, 2.24) is 4.98 Å². The Morgan fingerprint density at radius 1 is 1.15 bits per heavy atom. The number of benzene rings is 2. The smallest absolute Gasteiger partial charge is 0.248 e. The molecule has 0 bridgehead atoms. The molecule has 4 nitrogen and oxygen atoms in total. The van der Waals surface area contributed by atoms with E-state index in [2.05, 4.69) is 16.4 Å². The van der Waals surface area contributed by atoms with Gasteiger partial charge in [0.1, 0.15) is 10.8 Å². The Hall–Kier alpha value is -3.18. The molecule has 5 heteroatoms. The number of hydrogen-bond acceptors (Lipinski definition) is 4. The maximum absolute atomic E-state index is 12.1. The molecule has 2 heterocycles. The fourth-order valence-corrected chi connectivity index (χ4v) is 3.61. The monoisotopic (exact) mass is 360 g/mol. The third kappa shape index (κ3) is 3.43. The average molecular weight is 360 g/mol. The lowest BCUT2D eigenvalue weighted by Gasteiger charge is -2.07. The molecule has 1 N–H and O–H groups in total. The molecule has 0 atom stereocenters. The molecule has 0 aliphatic rings. The van der Waals surface area contributed by atoms with Gasteiger partial charge >= 0.3 is 0 Å². The molecule has 0 unspecified atom stereocenters. The lowest BCUT2D eigenvalue weighted by Crippen LogP contribution is -2.08. The lowest BCUT2D eigenvalue weighted by molar-refractivity contribution is -0.111. The molecule has 0 saturated heterocycles. The maximum atomic E-state index is 12.1. The van der Waals surface area contributed by atoms with Crippen LogP contribution < -0.4 is 5.32 Å². The van der Waals surface area contributed by atoms with Crippen molar-refractivity contribution in [2.45, 2.75) is 6.92 Å². The van der Waals surface area contributed by atoms with E-state index < -0.39 is 0 Å². The van der Waals surface area contributed by atoms with Gasteiger partial charge in [-0.3, -0.25) is 4.79 Å². The average Bonchev–Trinajstić information content (AvgIpc) is 3.31. The van der Waals surface area contributed by atoms with Gasteiger partial charge in [0.25, 0.3) is 0 Å². The van der Waals surface area contributed by atoms with Crippen LogP contribution in [0, 0.1) is 6.92 Å². The van der Waals surface area contributed by atoms with Crippen LogP contribution in [0.2, 0.25) is 0 Å². The van der Waals surface area contributed by atoms with Gasteiger partial charge in [0, 0.05) is 17.3 Å². The van der Waals surface area contributed by atoms with Gasteiger partial charge in [-0.25, -0.2) is 4.98 Å². The zero-order chi connectivity index (χ0) is 17.9. The maximum Gasteiger partial charge on any atom is 0.248 e. The van der Waals surface area contributed by atoms with Gasteiger partial charge in [0.05, 0.1) is 16.5 Å². The standard InChI is InChI=1S/C21H16N2O2S/c1-14-13-15(21-23-18-6-2-3-7-19(18)26-21)8-10-17(14)22-20(24)11-9-16-5-4-12-25-16/h2-13H,1H3,(H,22,24)/b11-9+. The van der Waals surface area contributed by atoms with Crippen molar-refractivity contribution in [1.29, 1.82) is 0 Å². The van der Waals surface area contributed by atoms with Crippen molar-refractivity contribution >= 4 is 39.2 Å². The predicted molar refractivity (Wildman–Crippen MR) is 106 cm³/mol. The number of amides is 1. The normalized spacial score (nSPS) is 11.3. The molecule has 0 aliphatic heterocycles. The zero-order valence-electron chi connectivity index (χ0n) is 14.1. The summed E-state index contributed by atoms with van der Waals surface area (Å²) in [4.78, 5) is 16.8. The molecule has 128 valence electrons. The van der Waals surface area contributed by atoms with Crippen molar-refractivity contribution in [3.8, 4) is 10.6 Å². The van der Waals surface area contributed by atoms with Gasteiger partial charge in [-0.15, -0.1) is 11.3 Å². The first-order valence-corrected chi connectivity index (χ1v) is 9.00. The quantitative estimate of drug-likeness (QED) is 0.488. The number of anilines is 1. The molecule has 1 amide bonds. The zero-order valence-corrected chi connectivity index (χ0v) is 14.9. The van der Waals surface area contributed by atoms with Crippen LogP contribution in [0.15, 0.2) is 71.4 Å². The van der Waals surface area contributed by atoms with Gasteiger partial charge in [-0.1, -0.05) is 12.1 Å². The first kappa shape index (κ1) is 16.3. The minimum absolute atomic E-state index is 0.197. The molecule has 2 aromatic heterocycles. The van der Waals surface area contributed by atoms with E-state index in [1.54, 1.807) is 35.8 Å². The molecule has 0 spiro atoms. The summed E-state index contributed by atoms with van der Waals surface area (Å²) in [6.45, 7) is 1.97. The molecule has 4 aromatic rings. The summed E-state index contributed by atoms with van der Waals surface area (Å²) in [7, 11) is 0. The predicted octanol–water partition coefficient (Wildman–Crippen LogP) is 5.52. The fraction of sp³-hybridized carbons (Fsp3) is 0.0476. The van der Waals surface area contributed by atoms with E-state index in [-0.39, 0.29) is 5.91 Å². The third-order valence-electron chi connectivity index (χ3n) is 3.97. The van der Waals surface area contributed by atoms with E-state index in [0.29, 0.717) is 5.76 Å². The van der Waals surface area contributed by atoms with Gasteiger partial charge in [0.15, 0.2) is 0 Å². The van der Waals surface area contributed by atoms with Crippen LogP contribution in [-0.2, 0) is 4.79 Å². The number of thiazole rings is 1. The Bertz CT molecular complexity index is 1060. The highest BCUT2D eigenvalue weighted by molar-refractivity contribution is 7.21. The second kappa shape index (κ2) is 6.98. The van der Waals surface area contributed by atoms with Crippen LogP contribution in [0.1, 0.15) is 11.3 Å². The third-order valence-corrected chi connectivity index (χ3v) is 5.05. The second-order valence-corrected chi connectivity index (χ2v) is 6.89. The number of nitrogens with zero attached hydrogens (tertiary/aromatic N) is 1. The number of rotatable bonds is 4. The summed E-state index contributed by atoms with van der Waals surface area (Å²) < 4.78 is 6.34. The highest BCUT2D eigenvalue weighted by Crippen LogP contribution is 2.31. The molecule has 0 saturated carbocycles. The number of carbonyl (C=O) groups is 1. The van der Waals surface area contributed by atoms with Crippen molar-refractivity contribution in [3.63, 3.8) is 0 Å². The van der Waals surface area contributed by atoms with Crippen LogP contribution in [-0.4, -0.2) is 10.9 Å².